The van der Waals surface area contributed by atoms with Gasteiger partial charge in [0.05, 0.1) is 0 Å². The summed E-state index contributed by atoms with van der Waals surface area (Å²) in [5.74, 6) is 1.17. The molecule has 0 aromatic carbocycles. The predicted octanol–water partition coefficient (Wildman–Crippen LogP) is 0.571. The zero-order valence-electron chi connectivity index (χ0n) is 9.81. The van der Waals surface area contributed by atoms with Crippen LogP contribution in [-0.2, 0) is 9.59 Å². The zero-order chi connectivity index (χ0) is 11.7. The van der Waals surface area contributed by atoms with Gasteiger partial charge in [0.1, 0.15) is 12.6 Å². The average molecular weight is 242 g/mol. The van der Waals surface area contributed by atoms with Gasteiger partial charge in [-0.1, -0.05) is 0 Å². The molecule has 2 aliphatic heterocycles. The molecule has 2 aliphatic rings. The zero-order valence-corrected chi connectivity index (χ0v) is 10.6. The first-order valence-corrected chi connectivity index (χ1v) is 7.13. The molecule has 2 rings (SSSR count). The molecule has 0 saturated carbocycles. The summed E-state index contributed by atoms with van der Waals surface area (Å²) >= 11 is 1.71. The van der Waals surface area contributed by atoms with Crippen LogP contribution in [0.1, 0.15) is 19.8 Å². The van der Waals surface area contributed by atoms with Crippen molar-refractivity contribution < 1.29 is 9.59 Å². The van der Waals surface area contributed by atoms with Crippen LogP contribution in [0.25, 0.3) is 0 Å². The topological polar surface area (TPSA) is 40.6 Å². The minimum Gasteiger partial charge on any atom is -0.329 e. The predicted molar refractivity (Wildman–Crippen MR) is 64.3 cm³/mol. The SMILES string of the molecule is CSCC(C)N1CC(=O)N2CCCC2C1=O. The Morgan fingerprint density at radius 1 is 1.50 bits per heavy atom. The van der Waals surface area contributed by atoms with Gasteiger partial charge in [-0.3, -0.25) is 9.59 Å². The summed E-state index contributed by atoms with van der Waals surface area (Å²) in [5, 5.41) is 0. The number of hydrogen-bond donors (Lipinski definition) is 0. The second kappa shape index (κ2) is 4.65. The molecule has 0 bridgehead atoms. The van der Waals surface area contributed by atoms with Crippen LogP contribution in [0.3, 0.4) is 0 Å². The standard InChI is InChI=1S/C11H18N2O2S/c1-8(7-16-2)13-6-10(14)12-5-3-4-9(12)11(13)15/h8-9H,3-7H2,1-2H3. The molecule has 2 heterocycles. The highest BCUT2D eigenvalue weighted by Crippen LogP contribution is 2.25. The molecule has 2 saturated heterocycles. The number of fused-ring (bicyclic) bond motifs is 1. The Bertz CT molecular complexity index is 308. The molecule has 4 nitrogen and oxygen atoms in total. The lowest BCUT2D eigenvalue weighted by molar-refractivity contribution is -0.155. The number of rotatable bonds is 3. The van der Waals surface area contributed by atoms with Crippen molar-refractivity contribution in [3.05, 3.63) is 0 Å². The molecule has 0 aliphatic carbocycles. The van der Waals surface area contributed by atoms with Gasteiger partial charge in [-0.2, -0.15) is 11.8 Å². The Labute approximate surface area is 100 Å². The molecule has 5 heteroatoms. The lowest BCUT2D eigenvalue weighted by Crippen LogP contribution is -2.59. The average Bonchev–Trinajstić information content (AvgIpc) is 2.73. The maximum atomic E-state index is 12.2. The number of amides is 2. The van der Waals surface area contributed by atoms with Gasteiger partial charge in [0.25, 0.3) is 0 Å². The summed E-state index contributed by atoms with van der Waals surface area (Å²) in [4.78, 5) is 27.6. The summed E-state index contributed by atoms with van der Waals surface area (Å²) in [6.07, 6.45) is 3.83. The first-order valence-electron chi connectivity index (χ1n) is 5.74. The van der Waals surface area contributed by atoms with E-state index in [1.165, 1.54) is 0 Å². The van der Waals surface area contributed by atoms with Crippen LogP contribution in [0.4, 0.5) is 0 Å². The monoisotopic (exact) mass is 242 g/mol. The van der Waals surface area contributed by atoms with Crippen molar-refractivity contribution in [3.63, 3.8) is 0 Å². The summed E-state index contributed by atoms with van der Waals surface area (Å²) in [6, 6.07) is -0.000226. The normalized spacial score (nSPS) is 27.2. The Balaban J connectivity index is 2.11. The van der Waals surface area contributed by atoms with Crippen LogP contribution in [0, 0.1) is 0 Å². The summed E-state index contributed by atoms with van der Waals surface area (Å²) in [5.41, 5.74) is 0. The fourth-order valence-electron chi connectivity index (χ4n) is 2.53. The van der Waals surface area contributed by atoms with Gasteiger partial charge >= 0.3 is 0 Å². The van der Waals surface area contributed by atoms with Crippen molar-refractivity contribution >= 4 is 23.6 Å². The van der Waals surface area contributed by atoms with E-state index < -0.39 is 0 Å². The molecular formula is C11H18N2O2S. The third kappa shape index (κ3) is 1.93. The van der Waals surface area contributed by atoms with E-state index in [-0.39, 0.29) is 30.4 Å². The van der Waals surface area contributed by atoms with Gasteiger partial charge in [0.15, 0.2) is 0 Å². The van der Waals surface area contributed by atoms with Crippen molar-refractivity contribution in [1.29, 1.82) is 0 Å². The summed E-state index contributed by atoms with van der Waals surface area (Å²) in [6.45, 7) is 3.06. The number of carbonyl (C=O) groups is 2. The molecule has 2 fully saturated rings. The van der Waals surface area contributed by atoms with E-state index in [0.29, 0.717) is 0 Å². The summed E-state index contributed by atoms with van der Waals surface area (Å²) < 4.78 is 0. The second-order valence-electron chi connectivity index (χ2n) is 4.52. The van der Waals surface area contributed by atoms with Gasteiger partial charge in [0, 0.05) is 18.3 Å². The molecule has 2 atom stereocenters. The highest BCUT2D eigenvalue weighted by molar-refractivity contribution is 7.98. The van der Waals surface area contributed by atoms with Crippen molar-refractivity contribution in [1.82, 2.24) is 9.80 Å². The lowest BCUT2D eigenvalue weighted by atomic mass is 10.1. The van der Waals surface area contributed by atoms with Gasteiger partial charge in [-0.15, -0.1) is 0 Å². The highest BCUT2D eigenvalue weighted by atomic mass is 32.2. The molecule has 2 amide bonds. The van der Waals surface area contributed by atoms with Crippen molar-refractivity contribution in [2.75, 3.05) is 25.1 Å². The molecule has 0 aromatic rings. The minimum atomic E-state index is -0.162. The van der Waals surface area contributed by atoms with Crippen LogP contribution in [0.2, 0.25) is 0 Å². The number of nitrogens with zero attached hydrogens (tertiary/aromatic N) is 2. The number of piperazine rings is 1. The van der Waals surface area contributed by atoms with E-state index in [2.05, 4.69) is 0 Å². The number of hydrogen-bond acceptors (Lipinski definition) is 3. The Hall–Kier alpha value is -0.710. The third-order valence-electron chi connectivity index (χ3n) is 3.39. The van der Waals surface area contributed by atoms with Crippen molar-refractivity contribution in [3.8, 4) is 0 Å². The van der Waals surface area contributed by atoms with Gasteiger partial charge in [-0.25, -0.2) is 0 Å². The first-order chi connectivity index (χ1) is 7.65. The summed E-state index contributed by atoms with van der Waals surface area (Å²) in [7, 11) is 0. The van der Waals surface area contributed by atoms with E-state index in [4.69, 9.17) is 0 Å². The van der Waals surface area contributed by atoms with Gasteiger partial charge in [0.2, 0.25) is 11.8 Å². The smallest absolute Gasteiger partial charge is 0.246 e. The first kappa shape index (κ1) is 11.8. The Morgan fingerprint density at radius 2 is 2.25 bits per heavy atom. The molecular weight excluding hydrogens is 224 g/mol. The van der Waals surface area contributed by atoms with Gasteiger partial charge in [-0.05, 0) is 26.0 Å². The lowest BCUT2D eigenvalue weighted by Gasteiger charge is -2.39. The van der Waals surface area contributed by atoms with Crippen LogP contribution >= 0.6 is 11.8 Å². The van der Waals surface area contributed by atoms with E-state index in [9.17, 15) is 9.59 Å². The minimum absolute atomic E-state index is 0.120. The molecule has 0 N–H and O–H groups in total. The third-order valence-corrected chi connectivity index (χ3v) is 4.20. The molecule has 90 valence electrons. The number of thioether (sulfide) groups is 1. The maximum absolute atomic E-state index is 12.2. The highest BCUT2D eigenvalue weighted by Gasteiger charge is 2.42. The molecule has 0 radical (unpaired) electrons. The van der Waals surface area contributed by atoms with Crippen LogP contribution in [0.5, 0.6) is 0 Å². The van der Waals surface area contributed by atoms with E-state index in [1.54, 1.807) is 21.6 Å². The number of carbonyl (C=O) groups excluding carboxylic acids is 2. The van der Waals surface area contributed by atoms with E-state index >= 15 is 0 Å². The van der Waals surface area contributed by atoms with Crippen LogP contribution in [0.15, 0.2) is 0 Å². The molecule has 2 unspecified atom stereocenters. The van der Waals surface area contributed by atoms with Gasteiger partial charge < -0.3 is 9.80 Å². The quantitative estimate of drug-likeness (QED) is 0.726. The fourth-order valence-corrected chi connectivity index (χ4v) is 3.19. The van der Waals surface area contributed by atoms with Crippen molar-refractivity contribution in [2.45, 2.75) is 31.8 Å². The fraction of sp³-hybridized carbons (Fsp3) is 0.818. The Morgan fingerprint density at radius 3 is 2.94 bits per heavy atom. The molecule has 0 aromatic heterocycles. The van der Waals surface area contributed by atoms with E-state index in [0.717, 1.165) is 25.1 Å². The second-order valence-corrected chi connectivity index (χ2v) is 5.43. The maximum Gasteiger partial charge on any atom is 0.246 e. The van der Waals surface area contributed by atoms with E-state index in [1.807, 2.05) is 13.2 Å². The largest absolute Gasteiger partial charge is 0.329 e. The van der Waals surface area contributed by atoms with Crippen LogP contribution < -0.4 is 0 Å². The molecule has 16 heavy (non-hydrogen) atoms. The Kier molecular flexibility index (Phi) is 3.42. The van der Waals surface area contributed by atoms with Crippen molar-refractivity contribution in [2.24, 2.45) is 0 Å². The molecule has 0 spiro atoms. The van der Waals surface area contributed by atoms with Crippen LogP contribution in [-0.4, -0.2) is 58.8 Å².